The first-order valence-electron chi connectivity index (χ1n) is 4.50. The lowest BCUT2D eigenvalue weighted by Crippen LogP contribution is -2.42. The average molecular weight is 234 g/mol. The van der Waals surface area contributed by atoms with Crippen molar-refractivity contribution in [3.05, 3.63) is 4.91 Å². The number of hydrogen-bond acceptors (Lipinski definition) is 6. The summed E-state index contributed by atoms with van der Waals surface area (Å²) in [6.07, 6.45) is 0.706. The van der Waals surface area contributed by atoms with Crippen LogP contribution in [0.1, 0.15) is 20.3 Å². The highest BCUT2D eigenvalue weighted by Crippen LogP contribution is 2.05. The van der Waals surface area contributed by atoms with Crippen molar-refractivity contribution in [1.82, 2.24) is 5.32 Å². The summed E-state index contributed by atoms with van der Waals surface area (Å²) in [7, 11) is 0. The van der Waals surface area contributed by atoms with E-state index in [1.165, 1.54) is 6.92 Å². The van der Waals surface area contributed by atoms with Gasteiger partial charge in [0, 0.05) is 29.2 Å². The normalized spacial score (nSPS) is 11.6. The third kappa shape index (κ3) is 6.89. The lowest BCUT2D eigenvalue weighted by atomic mass is 10.3. The van der Waals surface area contributed by atoms with Gasteiger partial charge in [0.05, 0.1) is 6.61 Å². The molecule has 0 bridgehead atoms. The number of ether oxygens (including phenoxy) is 1. The topological polar surface area (TPSA) is 84.8 Å². The molecule has 0 spiro atoms. The lowest BCUT2D eigenvalue weighted by molar-refractivity contribution is -0.147. The third-order valence-electron chi connectivity index (χ3n) is 1.40. The van der Waals surface area contributed by atoms with Gasteiger partial charge in [0.15, 0.2) is 0 Å². The summed E-state index contributed by atoms with van der Waals surface area (Å²) in [6, 6.07) is -0.809. The summed E-state index contributed by atoms with van der Waals surface area (Å²) in [5.74, 6) is -0.797. The second-order valence-electron chi connectivity index (χ2n) is 2.79. The highest BCUT2D eigenvalue weighted by atomic mass is 32.2. The molecule has 7 heteroatoms. The first-order chi connectivity index (χ1) is 7.11. The second-order valence-corrected chi connectivity index (χ2v) is 3.53. The molecule has 0 unspecified atom stereocenters. The Kier molecular flexibility index (Phi) is 7.61. The van der Waals surface area contributed by atoms with E-state index < -0.39 is 12.0 Å². The Bertz CT molecular complexity index is 235. The predicted molar refractivity (Wildman–Crippen MR) is 57.1 cm³/mol. The Labute approximate surface area is 92.2 Å². The smallest absolute Gasteiger partial charge is 0.329 e. The zero-order valence-electron chi connectivity index (χ0n) is 8.69. The molecular weight excluding hydrogens is 220 g/mol. The maximum Gasteiger partial charge on any atom is 0.329 e. The molecule has 1 atom stereocenters. The molecule has 0 aromatic carbocycles. The number of carbonyl (C=O) groups is 2. The molecule has 0 fully saturated rings. The molecule has 0 aliphatic rings. The Balaban J connectivity index is 4.13. The van der Waals surface area contributed by atoms with Crippen molar-refractivity contribution >= 4 is 23.8 Å². The number of nitroso groups, excluding NO2 is 1. The van der Waals surface area contributed by atoms with Gasteiger partial charge in [-0.25, -0.2) is 4.79 Å². The Morgan fingerprint density at radius 2 is 2.20 bits per heavy atom. The van der Waals surface area contributed by atoms with Crippen LogP contribution in [0.3, 0.4) is 0 Å². The first kappa shape index (κ1) is 13.9. The van der Waals surface area contributed by atoms with E-state index in [0.717, 1.165) is 0 Å². The molecule has 15 heavy (non-hydrogen) atoms. The molecule has 0 aliphatic heterocycles. The van der Waals surface area contributed by atoms with Gasteiger partial charge in [-0.1, -0.05) is 6.92 Å². The molecule has 0 aromatic rings. The van der Waals surface area contributed by atoms with Gasteiger partial charge in [0.2, 0.25) is 5.91 Å². The highest BCUT2D eigenvalue weighted by Gasteiger charge is 2.21. The van der Waals surface area contributed by atoms with Gasteiger partial charge in [0.1, 0.15) is 6.04 Å². The second kappa shape index (κ2) is 8.22. The summed E-state index contributed by atoms with van der Waals surface area (Å²) < 4.78 is 7.39. The molecule has 0 heterocycles. The van der Waals surface area contributed by atoms with Gasteiger partial charge in [-0.15, -0.1) is 4.91 Å². The molecule has 1 N–H and O–H groups in total. The monoisotopic (exact) mass is 234 g/mol. The van der Waals surface area contributed by atoms with E-state index in [-0.39, 0.29) is 11.7 Å². The van der Waals surface area contributed by atoms with Crippen molar-refractivity contribution < 1.29 is 14.3 Å². The van der Waals surface area contributed by atoms with Gasteiger partial charge in [0.25, 0.3) is 0 Å². The number of rotatable bonds is 7. The number of nitrogens with one attached hydrogen (secondary N) is 1. The van der Waals surface area contributed by atoms with Crippen LogP contribution in [0.4, 0.5) is 0 Å². The maximum atomic E-state index is 11.3. The van der Waals surface area contributed by atoms with Crippen LogP contribution in [-0.4, -0.2) is 30.3 Å². The van der Waals surface area contributed by atoms with Crippen LogP contribution in [0.15, 0.2) is 4.58 Å². The van der Waals surface area contributed by atoms with Crippen molar-refractivity contribution in [3.63, 3.8) is 0 Å². The molecule has 0 aliphatic carbocycles. The van der Waals surface area contributed by atoms with Crippen LogP contribution < -0.4 is 5.32 Å². The van der Waals surface area contributed by atoms with Crippen LogP contribution >= 0.6 is 11.9 Å². The number of nitrogens with zero attached hydrogens (tertiary/aromatic N) is 1. The van der Waals surface area contributed by atoms with Crippen LogP contribution in [0.2, 0.25) is 0 Å². The molecule has 0 rings (SSSR count). The van der Waals surface area contributed by atoms with Crippen LogP contribution in [0, 0.1) is 4.91 Å². The first-order valence-corrected chi connectivity index (χ1v) is 5.44. The predicted octanol–water partition coefficient (Wildman–Crippen LogP) is 0.859. The third-order valence-corrected chi connectivity index (χ3v) is 1.99. The molecule has 0 saturated carbocycles. The maximum absolute atomic E-state index is 11.3. The molecule has 0 radical (unpaired) electrons. The largest absolute Gasteiger partial charge is 0.464 e. The summed E-state index contributed by atoms with van der Waals surface area (Å²) in [5.41, 5.74) is 0. The van der Waals surface area contributed by atoms with Crippen LogP contribution in [-0.2, 0) is 14.3 Å². The number of carbonyl (C=O) groups excluding carboxylic acids is 2. The zero-order chi connectivity index (χ0) is 11.7. The standard InChI is InChI=1S/C8H14N2O4S/c1-3-4-14-8(12)7(5-15-10-13)9-6(2)11/h7H,3-5H2,1-2H3,(H,9,11)/t7-/m1/s1. The van der Waals surface area contributed by atoms with Gasteiger partial charge in [-0.2, -0.15) is 0 Å². The fraction of sp³-hybridized carbons (Fsp3) is 0.750. The fourth-order valence-corrected chi connectivity index (χ4v) is 1.25. The van der Waals surface area contributed by atoms with E-state index in [2.05, 4.69) is 9.90 Å². The van der Waals surface area contributed by atoms with E-state index in [0.29, 0.717) is 25.0 Å². The minimum Gasteiger partial charge on any atom is -0.464 e. The van der Waals surface area contributed by atoms with Crippen molar-refractivity contribution in [2.75, 3.05) is 12.4 Å². The number of esters is 1. The van der Waals surface area contributed by atoms with Crippen LogP contribution in [0.5, 0.6) is 0 Å². The molecule has 0 saturated heterocycles. The molecule has 1 amide bonds. The quantitative estimate of drug-likeness (QED) is 0.401. The van der Waals surface area contributed by atoms with Gasteiger partial charge >= 0.3 is 5.97 Å². The summed E-state index contributed by atoms with van der Waals surface area (Å²) >= 11 is 0.674. The fourth-order valence-electron chi connectivity index (χ4n) is 0.822. The van der Waals surface area contributed by atoms with E-state index in [1.807, 2.05) is 6.92 Å². The van der Waals surface area contributed by atoms with Crippen molar-refractivity contribution in [1.29, 1.82) is 0 Å². The van der Waals surface area contributed by atoms with E-state index >= 15 is 0 Å². The van der Waals surface area contributed by atoms with Crippen molar-refractivity contribution in [2.24, 2.45) is 4.58 Å². The summed E-state index contributed by atoms with van der Waals surface area (Å²) in [6.45, 7) is 3.45. The van der Waals surface area contributed by atoms with E-state index in [1.54, 1.807) is 0 Å². The zero-order valence-corrected chi connectivity index (χ0v) is 9.50. The molecule has 86 valence electrons. The number of hydrogen-bond donors (Lipinski definition) is 1. The Morgan fingerprint density at radius 1 is 1.53 bits per heavy atom. The molecular formula is C8H14N2O4S. The van der Waals surface area contributed by atoms with Crippen molar-refractivity contribution in [3.8, 4) is 0 Å². The van der Waals surface area contributed by atoms with Crippen LogP contribution in [0.25, 0.3) is 0 Å². The number of amides is 1. The molecule has 0 aromatic heterocycles. The average Bonchev–Trinajstić information content (AvgIpc) is 2.20. The highest BCUT2D eigenvalue weighted by molar-refractivity contribution is 7.97. The van der Waals surface area contributed by atoms with E-state index in [9.17, 15) is 14.5 Å². The summed E-state index contributed by atoms with van der Waals surface area (Å²) in [4.78, 5) is 32.0. The van der Waals surface area contributed by atoms with Gasteiger partial charge < -0.3 is 10.1 Å². The van der Waals surface area contributed by atoms with Gasteiger partial charge in [-0.3, -0.25) is 4.79 Å². The van der Waals surface area contributed by atoms with Crippen molar-refractivity contribution in [2.45, 2.75) is 26.3 Å². The SMILES string of the molecule is CCCOC(=O)[C@@H](CSN=O)NC(C)=O. The lowest BCUT2D eigenvalue weighted by Gasteiger charge is -2.14. The van der Waals surface area contributed by atoms with E-state index in [4.69, 9.17) is 4.74 Å². The minimum atomic E-state index is -0.809. The summed E-state index contributed by atoms with van der Waals surface area (Å²) in [5, 5.41) is 2.39. The Hall–Kier alpha value is -1.11. The Morgan fingerprint density at radius 3 is 2.67 bits per heavy atom. The van der Waals surface area contributed by atoms with Gasteiger partial charge in [-0.05, 0) is 6.42 Å². The minimum absolute atomic E-state index is 0.0889. The molecule has 6 nitrogen and oxygen atoms in total.